The van der Waals surface area contributed by atoms with E-state index in [-0.39, 0.29) is 5.78 Å². The summed E-state index contributed by atoms with van der Waals surface area (Å²) in [4.78, 5) is 12.6. The van der Waals surface area contributed by atoms with Crippen LogP contribution in [0.2, 0.25) is 5.02 Å². The number of aryl methyl sites for hydroxylation is 1. The molecule has 1 atom stereocenters. The first kappa shape index (κ1) is 14.8. The number of hydrogen-bond donors (Lipinski definition) is 0. The van der Waals surface area contributed by atoms with Crippen LogP contribution in [0, 0.1) is 18.3 Å². The van der Waals surface area contributed by atoms with E-state index in [0.717, 1.165) is 10.0 Å². The van der Waals surface area contributed by atoms with Crippen molar-refractivity contribution in [2.45, 2.75) is 12.8 Å². The number of ketones is 1. The Labute approximate surface area is 131 Å². The second kappa shape index (κ2) is 6.21. The molecule has 0 radical (unpaired) electrons. The number of Topliss-reactive ketones (excluding diaryl/α,β-unsaturated/α-hetero) is 1. The molecular formula is C16H11BrClNO. The fourth-order valence-electron chi connectivity index (χ4n) is 1.99. The van der Waals surface area contributed by atoms with E-state index in [1.165, 1.54) is 0 Å². The topological polar surface area (TPSA) is 40.9 Å². The summed E-state index contributed by atoms with van der Waals surface area (Å²) in [6.45, 7) is 1.85. The van der Waals surface area contributed by atoms with Crippen LogP contribution in [-0.2, 0) is 0 Å². The molecule has 0 aliphatic heterocycles. The van der Waals surface area contributed by atoms with Crippen LogP contribution in [-0.4, -0.2) is 5.78 Å². The Morgan fingerprint density at radius 1 is 1.30 bits per heavy atom. The summed E-state index contributed by atoms with van der Waals surface area (Å²) in [6.07, 6.45) is 0. The lowest BCUT2D eigenvalue weighted by atomic mass is 9.90. The molecule has 0 aliphatic rings. The zero-order chi connectivity index (χ0) is 14.7. The van der Waals surface area contributed by atoms with Gasteiger partial charge in [-0.05, 0) is 42.3 Å². The molecule has 2 aromatic carbocycles. The summed E-state index contributed by atoms with van der Waals surface area (Å²) in [5.74, 6) is -1.06. The Bertz CT molecular complexity index is 706. The van der Waals surface area contributed by atoms with Gasteiger partial charge in [0.05, 0.1) is 6.07 Å². The Kier molecular flexibility index (Phi) is 4.59. The van der Waals surface area contributed by atoms with Crippen LogP contribution in [0.5, 0.6) is 0 Å². The van der Waals surface area contributed by atoms with Crippen molar-refractivity contribution in [1.82, 2.24) is 0 Å². The molecule has 0 spiro atoms. The van der Waals surface area contributed by atoms with Crippen LogP contribution in [0.1, 0.15) is 27.4 Å². The van der Waals surface area contributed by atoms with Gasteiger partial charge in [-0.15, -0.1) is 0 Å². The average Bonchev–Trinajstić information content (AvgIpc) is 2.42. The van der Waals surface area contributed by atoms with Crippen LogP contribution in [0.25, 0.3) is 0 Å². The summed E-state index contributed by atoms with van der Waals surface area (Å²) in [6, 6.07) is 14.4. The lowest BCUT2D eigenvalue weighted by molar-refractivity contribution is 0.0978. The first-order chi connectivity index (χ1) is 9.52. The molecule has 0 bridgehead atoms. The maximum absolute atomic E-state index is 12.6. The van der Waals surface area contributed by atoms with Gasteiger partial charge in [0.1, 0.15) is 5.92 Å². The second-order valence-electron chi connectivity index (χ2n) is 4.44. The van der Waals surface area contributed by atoms with Crippen molar-refractivity contribution in [1.29, 1.82) is 5.26 Å². The van der Waals surface area contributed by atoms with Crippen molar-refractivity contribution < 1.29 is 4.79 Å². The standard InChI is InChI=1S/C16H11BrClNO/c1-10-5-6-12(17)8-14(10)16(20)15(9-19)11-3-2-4-13(18)7-11/h2-8,15H,1H3. The van der Waals surface area contributed by atoms with Gasteiger partial charge in [-0.25, -0.2) is 0 Å². The average molecular weight is 349 g/mol. The molecule has 0 saturated heterocycles. The zero-order valence-corrected chi connectivity index (χ0v) is 13.1. The summed E-state index contributed by atoms with van der Waals surface area (Å²) < 4.78 is 0.814. The zero-order valence-electron chi connectivity index (χ0n) is 10.7. The van der Waals surface area contributed by atoms with E-state index >= 15 is 0 Å². The smallest absolute Gasteiger partial charge is 0.184 e. The van der Waals surface area contributed by atoms with Gasteiger partial charge in [0.15, 0.2) is 5.78 Å². The highest BCUT2D eigenvalue weighted by Crippen LogP contribution is 2.26. The largest absolute Gasteiger partial charge is 0.292 e. The summed E-state index contributed by atoms with van der Waals surface area (Å²) in [5, 5.41) is 9.85. The third-order valence-electron chi connectivity index (χ3n) is 3.04. The molecule has 0 heterocycles. The molecule has 4 heteroatoms. The number of carbonyl (C=O) groups is 1. The van der Waals surface area contributed by atoms with Crippen LogP contribution < -0.4 is 0 Å². The van der Waals surface area contributed by atoms with Crippen LogP contribution in [0.3, 0.4) is 0 Å². The third-order valence-corrected chi connectivity index (χ3v) is 3.77. The van der Waals surface area contributed by atoms with E-state index in [1.807, 2.05) is 19.1 Å². The fourth-order valence-corrected chi connectivity index (χ4v) is 2.55. The fraction of sp³-hybridized carbons (Fsp3) is 0.125. The summed E-state index contributed by atoms with van der Waals surface area (Å²) >= 11 is 9.27. The molecule has 100 valence electrons. The number of rotatable bonds is 3. The highest BCUT2D eigenvalue weighted by molar-refractivity contribution is 9.10. The van der Waals surface area contributed by atoms with Crippen molar-refractivity contribution in [2.24, 2.45) is 0 Å². The van der Waals surface area contributed by atoms with Crippen molar-refractivity contribution in [3.05, 3.63) is 68.7 Å². The monoisotopic (exact) mass is 347 g/mol. The van der Waals surface area contributed by atoms with Crippen molar-refractivity contribution in [2.75, 3.05) is 0 Å². The summed E-state index contributed by atoms with van der Waals surface area (Å²) in [5.41, 5.74) is 2.01. The van der Waals surface area contributed by atoms with Gasteiger partial charge in [-0.1, -0.05) is 45.7 Å². The quantitative estimate of drug-likeness (QED) is 0.740. The predicted octanol–water partition coefficient (Wildman–Crippen LogP) is 4.90. The number of hydrogen-bond acceptors (Lipinski definition) is 2. The van der Waals surface area contributed by atoms with Crippen LogP contribution in [0.4, 0.5) is 0 Å². The molecule has 0 amide bonds. The van der Waals surface area contributed by atoms with Crippen molar-refractivity contribution in [3.8, 4) is 6.07 Å². The molecular weight excluding hydrogens is 338 g/mol. The molecule has 0 aromatic heterocycles. The third kappa shape index (κ3) is 3.09. The molecule has 0 fully saturated rings. The van der Waals surface area contributed by atoms with Gasteiger partial charge in [-0.3, -0.25) is 4.79 Å². The first-order valence-corrected chi connectivity index (χ1v) is 7.15. The lowest BCUT2D eigenvalue weighted by Crippen LogP contribution is -2.12. The molecule has 2 rings (SSSR count). The van der Waals surface area contributed by atoms with E-state index < -0.39 is 5.92 Å². The van der Waals surface area contributed by atoms with Crippen molar-refractivity contribution in [3.63, 3.8) is 0 Å². The van der Waals surface area contributed by atoms with Gasteiger partial charge in [0, 0.05) is 15.1 Å². The molecule has 0 aliphatic carbocycles. The molecule has 0 N–H and O–H groups in total. The van der Waals surface area contributed by atoms with E-state index in [2.05, 4.69) is 22.0 Å². The normalized spacial score (nSPS) is 11.7. The van der Waals surface area contributed by atoms with Crippen LogP contribution >= 0.6 is 27.5 Å². The van der Waals surface area contributed by atoms with E-state index in [1.54, 1.807) is 30.3 Å². The Morgan fingerprint density at radius 2 is 2.05 bits per heavy atom. The molecule has 2 nitrogen and oxygen atoms in total. The van der Waals surface area contributed by atoms with Gasteiger partial charge < -0.3 is 0 Å². The van der Waals surface area contributed by atoms with Crippen LogP contribution in [0.15, 0.2) is 46.9 Å². The number of halogens is 2. The molecule has 20 heavy (non-hydrogen) atoms. The van der Waals surface area contributed by atoms with E-state index in [9.17, 15) is 10.1 Å². The van der Waals surface area contributed by atoms with Gasteiger partial charge in [0.25, 0.3) is 0 Å². The minimum Gasteiger partial charge on any atom is -0.292 e. The number of nitriles is 1. The molecule has 1 unspecified atom stereocenters. The maximum Gasteiger partial charge on any atom is 0.184 e. The van der Waals surface area contributed by atoms with Gasteiger partial charge >= 0.3 is 0 Å². The number of nitrogens with zero attached hydrogens (tertiary/aromatic N) is 1. The molecule has 2 aromatic rings. The van der Waals surface area contributed by atoms with Gasteiger partial charge in [0.2, 0.25) is 0 Å². The number of benzene rings is 2. The lowest BCUT2D eigenvalue weighted by Gasteiger charge is -2.11. The Balaban J connectivity index is 2.45. The highest BCUT2D eigenvalue weighted by Gasteiger charge is 2.23. The first-order valence-electron chi connectivity index (χ1n) is 5.98. The Hall–Kier alpha value is -1.63. The predicted molar refractivity (Wildman–Crippen MR) is 83.0 cm³/mol. The van der Waals surface area contributed by atoms with E-state index in [0.29, 0.717) is 16.1 Å². The minimum absolute atomic E-state index is 0.214. The summed E-state index contributed by atoms with van der Waals surface area (Å²) in [7, 11) is 0. The minimum atomic E-state index is -0.846. The number of carbonyl (C=O) groups excluding carboxylic acids is 1. The SMILES string of the molecule is Cc1ccc(Br)cc1C(=O)C(C#N)c1cccc(Cl)c1. The second-order valence-corrected chi connectivity index (χ2v) is 5.79. The maximum atomic E-state index is 12.6. The Morgan fingerprint density at radius 3 is 2.70 bits per heavy atom. The molecule has 0 saturated carbocycles. The van der Waals surface area contributed by atoms with Crippen molar-refractivity contribution >= 4 is 33.3 Å². The van der Waals surface area contributed by atoms with Gasteiger partial charge in [-0.2, -0.15) is 5.26 Å². The van der Waals surface area contributed by atoms with E-state index in [4.69, 9.17) is 11.6 Å². The highest BCUT2D eigenvalue weighted by atomic mass is 79.9.